The second-order valence-electron chi connectivity index (χ2n) is 5.74. The predicted molar refractivity (Wildman–Crippen MR) is 68.8 cm³/mol. The van der Waals surface area contributed by atoms with Gasteiger partial charge in [0.2, 0.25) is 5.91 Å². The van der Waals surface area contributed by atoms with Crippen molar-refractivity contribution in [1.29, 1.82) is 0 Å². The minimum Gasteiger partial charge on any atom is -0.389 e. The van der Waals surface area contributed by atoms with Gasteiger partial charge >= 0.3 is 0 Å². The normalized spacial score (nSPS) is 17.6. The van der Waals surface area contributed by atoms with Crippen molar-refractivity contribution in [2.24, 2.45) is 0 Å². The summed E-state index contributed by atoms with van der Waals surface area (Å²) in [5.41, 5.74) is -0.692. The lowest BCUT2D eigenvalue weighted by Crippen LogP contribution is -2.40. The smallest absolute Gasteiger partial charge is 0.223 e. The van der Waals surface area contributed by atoms with E-state index in [2.05, 4.69) is 0 Å². The molecule has 1 fully saturated rings. The van der Waals surface area contributed by atoms with E-state index in [9.17, 15) is 9.90 Å². The van der Waals surface area contributed by atoms with Crippen molar-refractivity contribution in [1.82, 2.24) is 9.80 Å². The number of hydrogen-bond donors (Lipinski definition) is 1. The first-order valence-corrected chi connectivity index (χ1v) is 6.57. The molecular weight excluding hydrogens is 216 g/mol. The van der Waals surface area contributed by atoms with Gasteiger partial charge in [-0.25, -0.2) is 0 Å². The molecule has 0 radical (unpaired) electrons. The zero-order valence-corrected chi connectivity index (χ0v) is 11.4. The Morgan fingerprint density at radius 1 is 1.29 bits per heavy atom. The van der Waals surface area contributed by atoms with E-state index < -0.39 is 5.60 Å². The van der Waals surface area contributed by atoms with Gasteiger partial charge in [0.1, 0.15) is 0 Å². The van der Waals surface area contributed by atoms with E-state index in [1.165, 1.54) is 6.42 Å². The summed E-state index contributed by atoms with van der Waals surface area (Å²) in [4.78, 5) is 15.9. The van der Waals surface area contributed by atoms with Crippen LogP contribution >= 0.6 is 0 Å². The Balaban J connectivity index is 2.22. The SMILES string of the molecule is CN(CCC(=O)N1CCCCC1)CC(C)(C)O. The number of rotatable bonds is 5. The second-order valence-corrected chi connectivity index (χ2v) is 5.74. The zero-order valence-electron chi connectivity index (χ0n) is 11.4. The van der Waals surface area contributed by atoms with Crippen LogP contribution in [0.1, 0.15) is 39.5 Å². The molecule has 1 aliphatic heterocycles. The molecule has 100 valence electrons. The molecule has 1 rings (SSSR count). The first-order valence-electron chi connectivity index (χ1n) is 6.57. The highest BCUT2D eigenvalue weighted by Gasteiger charge is 2.19. The molecule has 17 heavy (non-hydrogen) atoms. The Hall–Kier alpha value is -0.610. The lowest BCUT2D eigenvalue weighted by atomic mass is 10.1. The minimum absolute atomic E-state index is 0.257. The van der Waals surface area contributed by atoms with Crippen LogP contribution in [0.4, 0.5) is 0 Å². The molecule has 0 aromatic carbocycles. The van der Waals surface area contributed by atoms with Gasteiger partial charge in [-0.3, -0.25) is 4.79 Å². The summed E-state index contributed by atoms with van der Waals surface area (Å²) in [6.45, 7) is 6.74. The first kappa shape index (κ1) is 14.5. The molecule has 1 amide bonds. The third kappa shape index (κ3) is 6.03. The molecule has 0 bridgehead atoms. The lowest BCUT2D eigenvalue weighted by Gasteiger charge is -2.29. The topological polar surface area (TPSA) is 43.8 Å². The Bertz CT molecular complexity index is 242. The van der Waals surface area contributed by atoms with E-state index in [1.54, 1.807) is 13.8 Å². The monoisotopic (exact) mass is 242 g/mol. The van der Waals surface area contributed by atoms with Crippen LogP contribution in [0.2, 0.25) is 0 Å². The molecule has 0 saturated carbocycles. The summed E-state index contributed by atoms with van der Waals surface area (Å²) in [6.07, 6.45) is 4.10. The highest BCUT2D eigenvalue weighted by atomic mass is 16.3. The third-order valence-electron chi connectivity index (χ3n) is 3.07. The van der Waals surface area contributed by atoms with Gasteiger partial charge in [0.05, 0.1) is 5.60 Å². The second kappa shape index (κ2) is 6.36. The van der Waals surface area contributed by atoms with Crippen molar-refractivity contribution in [2.45, 2.75) is 45.1 Å². The van der Waals surface area contributed by atoms with Crippen molar-refractivity contribution in [3.8, 4) is 0 Å². The Morgan fingerprint density at radius 3 is 2.41 bits per heavy atom. The van der Waals surface area contributed by atoms with Gasteiger partial charge in [0.15, 0.2) is 0 Å². The van der Waals surface area contributed by atoms with Crippen LogP contribution in [0.15, 0.2) is 0 Å². The Morgan fingerprint density at radius 2 is 1.88 bits per heavy atom. The molecule has 1 heterocycles. The third-order valence-corrected chi connectivity index (χ3v) is 3.07. The number of hydrogen-bond acceptors (Lipinski definition) is 3. The summed E-state index contributed by atoms with van der Waals surface area (Å²) < 4.78 is 0. The van der Waals surface area contributed by atoms with Gasteiger partial charge in [-0.1, -0.05) is 0 Å². The summed E-state index contributed by atoms with van der Waals surface area (Å²) in [5.74, 6) is 0.257. The van der Waals surface area contributed by atoms with Gasteiger partial charge < -0.3 is 14.9 Å². The fraction of sp³-hybridized carbons (Fsp3) is 0.923. The molecule has 0 spiro atoms. The van der Waals surface area contributed by atoms with E-state index in [0.29, 0.717) is 13.0 Å². The highest BCUT2D eigenvalue weighted by molar-refractivity contribution is 5.76. The van der Waals surface area contributed by atoms with E-state index >= 15 is 0 Å². The standard InChI is InChI=1S/C13H26N2O2/c1-13(2,17)11-14(3)10-7-12(16)15-8-5-4-6-9-15/h17H,4-11H2,1-3H3. The number of likely N-dealkylation sites (tertiary alicyclic amines) is 1. The van der Waals surface area contributed by atoms with Crippen molar-refractivity contribution in [3.05, 3.63) is 0 Å². The van der Waals surface area contributed by atoms with E-state index in [-0.39, 0.29) is 5.91 Å². The van der Waals surface area contributed by atoms with Crippen molar-refractivity contribution in [2.75, 3.05) is 33.2 Å². The van der Waals surface area contributed by atoms with Gasteiger partial charge in [-0.05, 0) is 40.2 Å². The number of nitrogens with zero attached hydrogens (tertiary/aromatic N) is 2. The average Bonchev–Trinajstić information content (AvgIpc) is 2.25. The van der Waals surface area contributed by atoms with Crippen LogP contribution in [0.25, 0.3) is 0 Å². The molecule has 1 saturated heterocycles. The van der Waals surface area contributed by atoms with Crippen molar-refractivity contribution < 1.29 is 9.90 Å². The van der Waals surface area contributed by atoms with Crippen molar-refractivity contribution in [3.63, 3.8) is 0 Å². The first-order chi connectivity index (χ1) is 7.88. The predicted octanol–water partition coefficient (Wildman–Crippen LogP) is 1.09. The van der Waals surface area contributed by atoms with Crippen LogP contribution in [0.3, 0.4) is 0 Å². The van der Waals surface area contributed by atoms with E-state index in [4.69, 9.17) is 0 Å². The average molecular weight is 242 g/mol. The van der Waals surface area contributed by atoms with Gasteiger partial charge in [-0.2, -0.15) is 0 Å². The van der Waals surface area contributed by atoms with Crippen LogP contribution in [0.5, 0.6) is 0 Å². The molecule has 0 atom stereocenters. The number of carbonyl (C=O) groups excluding carboxylic acids is 1. The number of amides is 1. The van der Waals surface area contributed by atoms with E-state index in [0.717, 1.165) is 32.5 Å². The molecular formula is C13H26N2O2. The van der Waals surface area contributed by atoms with Gasteiger partial charge in [0.25, 0.3) is 0 Å². The van der Waals surface area contributed by atoms with Crippen LogP contribution in [-0.4, -0.2) is 59.6 Å². The number of carbonyl (C=O) groups is 1. The maximum Gasteiger partial charge on any atom is 0.223 e. The fourth-order valence-corrected chi connectivity index (χ4v) is 2.33. The number of aliphatic hydroxyl groups is 1. The molecule has 0 aromatic rings. The largest absolute Gasteiger partial charge is 0.389 e. The van der Waals surface area contributed by atoms with Crippen LogP contribution in [-0.2, 0) is 4.79 Å². The maximum absolute atomic E-state index is 11.9. The Labute approximate surface area is 105 Å². The lowest BCUT2D eigenvalue weighted by molar-refractivity contribution is -0.132. The van der Waals surface area contributed by atoms with Gasteiger partial charge in [-0.15, -0.1) is 0 Å². The molecule has 0 aliphatic carbocycles. The molecule has 1 N–H and O–H groups in total. The van der Waals surface area contributed by atoms with Crippen LogP contribution < -0.4 is 0 Å². The summed E-state index contributed by atoms with van der Waals surface area (Å²) >= 11 is 0. The number of likely N-dealkylation sites (N-methyl/N-ethyl adjacent to an activating group) is 1. The Kier molecular flexibility index (Phi) is 5.40. The molecule has 4 nitrogen and oxygen atoms in total. The minimum atomic E-state index is -0.692. The van der Waals surface area contributed by atoms with Gasteiger partial charge in [0, 0.05) is 32.6 Å². The molecule has 4 heteroatoms. The summed E-state index contributed by atoms with van der Waals surface area (Å²) in [6, 6.07) is 0. The van der Waals surface area contributed by atoms with Crippen molar-refractivity contribution >= 4 is 5.91 Å². The molecule has 0 aromatic heterocycles. The van der Waals surface area contributed by atoms with Crippen LogP contribution in [0, 0.1) is 0 Å². The quantitative estimate of drug-likeness (QED) is 0.785. The van der Waals surface area contributed by atoms with E-state index in [1.807, 2.05) is 16.8 Å². The highest BCUT2D eigenvalue weighted by Crippen LogP contribution is 2.10. The fourth-order valence-electron chi connectivity index (χ4n) is 2.33. The number of piperidine rings is 1. The molecule has 1 aliphatic rings. The zero-order chi connectivity index (χ0) is 12.9. The summed E-state index contributed by atoms with van der Waals surface area (Å²) in [7, 11) is 1.95. The summed E-state index contributed by atoms with van der Waals surface area (Å²) in [5, 5.41) is 9.67. The molecule has 0 unspecified atom stereocenters. The maximum atomic E-state index is 11.9.